The van der Waals surface area contributed by atoms with E-state index < -0.39 is 51.6 Å². The highest BCUT2D eigenvalue weighted by Gasteiger charge is 2.56. The second kappa shape index (κ2) is 8.72. The van der Waals surface area contributed by atoms with Gasteiger partial charge < -0.3 is 10.1 Å². The molecule has 0 radical (unpaired) electrons. The molecule has 32 heavy (non-hydrogen) atoms. The molecule has 3 unspecified atom stereocenters. The van der Waals surface area contributed by atoms with Crippen LogP contribution in [0.5, 0.6) is 0 Å². The van der Waals surface area contributed by atoms with Crippen molar-refractivity contribution in [3.8, 4) is 0 Å². The van der Waals surface area contributed by atoms with Crippen LogP contribution in [0.2, 0.25) is 0 Å². The zero-order valence-electron chi connectivity index (χ0n) is 18.1. The lowest BCUT2D eigenvalue weighted by molar-refractivity contribution is -0.266. The Morgan fingerprint density at radius 2 is 1.72 bits per heavy atom. The van der Waals surface area contributed by atoms with Crippen molar-refractivity contribution in [1.29, 1.82) is 0 Å². The molecule has 0 fully saturated rings. The smallest absolute Gasteiger partial charge is 0.380 e. The van der Waals surface area contributed by atoms with Gasteiger partial charge in [0.2, 0.25) is 0 Å². The van der Waals surface area contributed by atoms with Crippen LogP contribution in [0.3, 0.4) is 0 Å². The SMILES string of the molecule is CS(=O)c1cc2cc(CC(O)(CC(C)(C)c3ccccc3S(C)=O)C(F)(F)F)[nH]c2cn1. The van der Waals surface area contributed by atoms with Crippen molar-refractivity contribution in [3.05, 3.63) is 53.9 Å². The van der Waals surface area contributed by atoms with Gasteiger partial charge in [-0.3, -0.25) is 8.42 Å². The fourth-order valence-corrected chi connectivity index (χ4v) is 5.42. The molecule has 174 valence electrons. The third kappa shape index (κ3) is 4.97. The first-order chi connectivity index (χ1) is 14.7. The molecule has 0 aliphatic carbocycles. The van der Waals surface area contributed by atoms with Gasteiger partial charge in [-0.15, -0.1) is 0 Å². The summed E-state index contributed by atoms with van der Waals surface area (Å²) in [4.78, 5) is 7.36. The second-order valence-corrected chi connectivity index (χ2v) is 11.3. The van der Waals surface area contributed by atoms with Crippen LogP contribution in [0.15, 0.2) is 52.5 Å². The first kappa shape index (κ1) is 24.6. The molecule has 3 rings (SSSR count). The minimum absolute atomic E-state index is 0.184. The Morgan fingerprint density at radius 3 is 2.31 bits per heavy atom. The van der Waals surface area contributed by atoms with Gasteiger partial charge in [0.05, 0.1) is 33.3 Å². The largest absolute Gasteiger partial charge is 0.417 e. The van der Waals surface area contributed by atoms with Crippen LogP contribution in [0, 0.1) is 0 Å². The molecular weight excluding hydrogens is 461 g/mol. The van der Waals surface area contributed by atoms with Gasteiger partial charge in [0.1, 0.15) is 5.03 Å². The summed E-state index contributed by atoms with van der Waals surface area (Å²) in [6.07, 6.45) is -1.88. The topological polar surface area (TPSA) is 83.0 Å². The van der Waals surface area contributed by atoms with Crippen LogP contribution in [0.4, 0.5) is 13.2 Å². The van der Waals surface area contributed by atoms with Gasteiger partial charge in [-0.1, -0.05) is 32.0 Å². The molecule has 0 saturated heterocycles. The average Bonchev–Trinajstić information content (AvgIpc) is 3.07. The molecule has 2 N–H and O–H groups in total. The van der Waals surface area contributed by atoms with E-state index in [4.69, 9.17) is 0 Å². The molecule has 0 spiro atoms. The van der Waals surface area contributed by atoms with Crippen LogP contribution in [0.1, 0.15) is 31.5 Å². The standard InChI is InChI=1S/C22H25F3N2O3S2/c1-20(2,16-7-5-6-8-18(16)31(3)29)13-21(28,22(23,24)25)11-15-9-14-10-19(32(4)30)26-12-17(14)27-15/h5-10,12,27-28H,11,13H2,1-4H3. The Kier molecular flexibility index (Phi) is 6.70. The van der Waals surface area contributed by atoms with Gasteiger partial charge in [0.15, 0.2) is 5.60 Å². The van der Waals surface area contributed by atoms with Gasteiger partial charge in [-0.05, 0) is 35.6 Å². The average molecular weight is 487 g/mol. The summed E-state index contributed by atoms with van der Waals surface area (Å²) >= 11 is 0. The number of fused-ring (bicyclic) bond motifs is 1. The van der Waals surface area contributed by atoms with Gasteiger partial charge in [-0.25, -0.2) is 4.98 Å². The van der Waals surface area contributed by atoms with Crippen LogP contribution < -0.4 is 0 Å². The van der Waals surface area contributed by atoms with E-state index >= 15 is 0 Å². The van der Waals surface area contributed by atoms with Crippen LogP contribution >= 0.6 is 0 Å². The maximum Gasteiger partial charge on any atom is 0.417 e. The number of rotatable bonds is 7. The molecule has 3 aromatic rings. The second-order valence-electron chi connectivity index (χ2n) is 8.58. The molecule has 2 heterocycles. The van der Waals surface area contributed by atoms with Crippen LogP contribution in [-0.2, 0) is 33.4 Å². The number of halogens is 3. The molecule has 0 aliphatic heterocycles. The van der Waals surface area contributed by atoms with Crippen molar-refractivity contribution in [3.63, 3.8) is 0 Å². The summed E-state index contributed by atoms with van der Waals surface area (Å²) < 4.78 is 66.2. The number of aromatic nitrogens is 2. The summed E-state index contributed by atoms with van der Waals surface area (Å²) in [5.41, 5.74) is -2.98. The predicted octanol–water partition coefficient (Wildman–Crippen LogP) is 4.24. The highest BCUT2D eigenvalue weighted by molar-refractivity contribution is 7.84. The lowest BCUT2D eigenvalue weighted by atomic mass is 9.73. The summed E-state index contributed by atoms with van der Waals surface area (Å²) in [6.45, 7) is 3.21. The molecule has 0 bridgehead atoms. The number of aromatic amines is 1. The Balaban J connectivity index is 2.00. The third-order valence-electron chi connectivity index (χ3n) is 5.50. The van der Waals surface area contributed by atoms with E-state index in [2.05, 4.69) is 9.97 Å². The fourth-order valence-electron chi connectivity index (χ4n) is 4.00. The van der Waals surface area contributed by atoms with Gasteiger partial charge in [-0.2, -0.15) is 13.2 Å². The van der Waals surface area contributed by atoms with Crippen molar-refractivity contribution in [2.45, 2.75) is 53.8 Å². The lowest BCUT2D eigenvalue weighted by Gasteiger charge is -2.38. The Bertz CT molecular complexity index is 1190. The number of nitrogens with zero attached hydrogens (tertiary/aromatic N) is 1. The van der Waals surface area contributed by atoms with Crippen molar-refractivity contribution >= 4 is 32.5 Å². The van der Waals surface area contributed by atoms with E-state index in [1.165, 1.54) is 24.8 Å². The Morgan fingerprint density at radius 1 is 1.06 bits per heavy atom. The predicted molar refractivity (Wildman–Crippen MR) is 120 cm³/mol. The minimum Gasteiger partial charge on any atom is -0.380 e. The minimum atomic E-state index is -4.91. The molecule has 2 aromatic heterocycles. The number of nitrogens with one attached hydrogen (secondary N) is 1. The van der Waals surface area contributed by atoms with Crippen molar-refractivity contribution in [2.75, 3.05) is 12.5 Å². The zero-order chi connectivity index (χ0) is 23.9. The van der Waals surface area contributed by atoms with Crippen molar-refractivity contribution < 1.29 is 26.7 Å². The Hall–Kier alpha value is -2.04. The van der Waals surface area contributed by atoms with E-state index in [1.807, 2.05) is 0 Å². The summed E-state index contributed by atoms with van der Waals surface area (Å²) in [5.74, 6) is 0. The molecule has 0 amide bonds. The van der Waals surface area contributed by atoms with Crippen molar-refractivity contribution in [1.82, 2.24) is 9.97 Å². The quantitative estimate of drug-likeness (QED) is 0.523. The number of alkyl halides is 3. The van der Waals surface area contributed by atoms with E-state index in [-0.39, 0.29) is 5.69 Å². The summed E-state index contributed by atoms with van der Waals surface area (Å²) in [6, 6.07) is 9.69. The first-order valence-corrected chi connectivity index (χ1v) is 12.9. The molecule has 1 aromatic carbocycles. The maximum absolute atomic E-state index is 14.1. The van der Waals surface area contributed by atoms with Gasteiger partial charge in [0, 0.05) is 34.9 Å². The molecule has 5 nitrogen and oxygen atoms in total. The van der Waals surface area contributed by atoms with Crippen molar-refractivity contribution in [2.24, 2.45) is 0 Å². The number of aliphatic hydroxyl groups is 1. The molecule has 0 aliphatic rings. The highest BCUT2D eigenvalue weighted by atomic mass is 32.2. The number of hydrogen-bond acceptors (Lipinski definition) is 4. The molecule has 10 heteroatoms. The summed E-state index contributed by atoms with van der Waals surface area (Å²) in [5, 5.41) is 11.8. The first-order valence-electron chi connectivity index (χ1n) is 9.77. The number of benzene rings is 1. The summed E-state index contributed by atoms with van der Waals surface area (Å²) in [7, 11) is -2.72. The number of H-pyrrole nitrogens is 1. The van der Waals surface area contributed by atoms with E-state index in [1.54, 1.807) is 44.2 Å². The number of hydrogen-bond donors (Lipinski definition) is 2. The third-order valence-corrected chi connectivity index (χ3v) is 7.29. The maximum atomic E-state index is 14.1. The fraction of sp³-hybridized carbons (Fsp3) is 0.409. The normalized spacial score (nSPS) is 16.6. The van der Waals surface area contributed by atoms with E-state index in [0.29, 0.717) is 26.4 Å². The molecule has 0 saturated carbocycles. The van der Waals surface area contributed by atoms with E-state index in [9.17, 15) is 26.7 Å². The lowest BCUT2D eigenvalue weighted by Crippen LogP contribution is -2.51. The Labute approximate surface area is 189 Å². The molecular formula is C22H25F3N2O3S2. The zero-order valence-corrected chi connectivity index (χ0v) is 19.7. The van der Waals surface area contributed by atoms with Crippen LogP contribution in [0.25, 0.3) is 10.9 Å². The number of pyridine rings is 1. The molecule has 3 atom stereocenters. The van der Waals surface area contributed by atoms with Gasteiger partial charge in [0.25, 0.3) is 0 Å². The van der Waals surface area contributed by atoms with Crippen LogP contribution in [-0.4, -0.2) is 47.8 Å². The van der Waals surface area contributed by atoms with E-state index in [0.717, 1.165) is 0 Å². The highest BCUT2D eigenvalue weighted by Crippen LogP contribution is 2.44. The van der Waals surface area contributed by atoms with Gasteiger partial charge >= 0.3 is 6.18 Å². The monoisotopic (exact) mass is 486 g/mol.